The van der Waals surface area contributed by atoms with Crippen LogP contribution >= 0.6 is 0 Å². The molecule has 0 aliphatic carbocycles. The van der Waals surface area contributed by atoms with Crippen LogP contribution in [0.15, 0.2) is 53.4 Å². The second kappa shape index (κ2) is 9.70. The second-order valence-electron chi connectivity index (χ2n) is 8.42. The molecule has 1 fully saturated rings. The van der Waals surface area contributed by atoms with E-state index in [1.54, 1.807) is 41.3 Å². The van der Waals surface area contributed by atoms with Crippen molar-refractivity contribution in [2.45, 2.75) is 38.1 Å². The van der Waals surface area contributed by atoms with Gasteiger partial charge < -0.3 is 14.9 Å². The molecule has 1 heterocycles. The third kappa shape index (κ3) is 5.77. The molecule has 31 heavy (non-hydrogen) atoms. The van der Waals surface area contributed by atoms with Gasteiger partial charge in [0.15, 0.2) is 0 Å². The maximum atomic E-state index is 13.2. The summed E-state index contributed by atoms with van der Waals surface area (Å²) >= 11 is 0. The highest BCUT2D eigenvalue weighted by Gasteiger charge is 2.32. The lowest BCUT2D eigenvalue weighted by Crippen LogP contribution is -2.55. The summed E-state index contributed by atoms with van der Waals surface area (Å²) in [5, 5.41) is 10.1. The fourth-order valence-electron chi connectivity index (χ4n) is 3.76. The lowest BCUT2D eigenvalue weighted by Gasteiger charge is -2.38. The minimum absolute atomic E-state index is 0.150. The lowest BCUT2D eigenvalue weighted by molar-refractivity contribution is -0.133. The van der Waals surface area contributed by atoms with Crippen molar-refractivity contribution in [3.8, 4) is 5.75 Å². The number of carbonyl (C=O) groups excluding carboxylic acids is 1. The maximum absolute atomic E-state index is 13.2. The van der Waals surface area contributed by atoms with Gasteiger partial charge in [0.25, 0.3) is 0 Å². The Bertz CT molecular complexity index is 998. The Balaban J connectivity index is 1.70. The number of amides is 1. The predicted molar refractivity (Wildman–Crippen MR) is 122 cm³/mol. The SMILES string of the molecule is Cc1ccc(S(=O)(=O)NC(CC(C)C)C(=O)N2CCN(c3ccccc3O)CC2)cc1. The molecule has 0 spiro atoms. The number of carbonyl (C=O) groups is 1. The molecule has 7 nitrogen and oxygen atoms in total. The molecule has 168 valence electrons. The summed E-state index contributed by atoms with van der Waals surface area (Å²) in [6.45, 7) is 7.91. The summed E-state index contributed by atoms with van der Waals surface area (Å²) in [6.07, 6.45) is 0.420. The Morgan fingerprint density at radius 3 is 2.23 bits per heavy atom. The molecule has 1 aliphatic heterocycles. The maximum Gasteiger partial charge on any atom is 0.241 e. The summed E-state index contributed by atoms with van der Waals surface area (Å²) in [5.41, 5.74) is 1.71. The van der Waals surface area contributed by atoms with E-state index in [4.69, 9.17) is 0 Å². The van der Waals surface area contributed by atoms with Crippen LogP contribution in [-0.4, -0.2) is 56.6 Å². The van der Waals surface area contributed by atoms with Crippen LogP contribution in [0.4, 0.5) is 5.69 Å². The number of phenols is 1. The van der Waals surface area contributed by atoms with Gasteiger partial charge in [0.2, 0.25) is 15.9 Å². The van der Waals surface area contributed by atoms with E-state index in [1.165, 1.54) is 0 Å². The number of nitrogens with zero attached hydrogens (tertiary/aromatic N) is 2. The molecule has 3 rings (SSSR count). The van der Waals surface area contributed by atoms with Crippen molar-refractivity contribution in [2.75, 3.05) is 31.1 Å². The number of phenolic OH excluding ortho intramolecular Hbond substituents is 1. The molecule has 2 aromatic carbocycles. The Morgan fingerprint density at radius 2 is 1.65 bits per heavy atom. The fraction of sp³-hybridized carbons (Fsp3) is 0.435. The summed E-state index contributed by atoms with van der Waals surface area (Å²) < 4.78 is 28.4. The Labute approximate surface area is 184 Å². The zero-order chi connectivity index (χ0) is 22.6. The van der Waals surface area contributed by atoms with Crippen LogP contribution in [0.1, 0.15) is 25.8 Å². The topological polar surface area (TPSA) is 90.0 Å². The zero-order valence-electron chi connectivity index (χ0n) is 18.3. The number of hydrogen-bond acceptors (Lipinski definition) is 5. The molecule has 1 saturated heterocycles. The molecule has 0 radical (unpaired) electrons. The van der Waals surface area contributed by atoms with Crippen molar-refractivity contribution < 1.29 is 18.3 Å². The first-order valence-corrected chi connectivity index (χ1v) is 12.1. The quantitative estimate of drug-likeness (QED) is 0.684. The van der Waals surface area contributed by atoms with Crippen LogP contribution in [0, 0.1) is 12.8 Å². The number of nitrogens with one attached hydrogen (secondary N) is 1. The van der Waals surface area contributed by atoms with Gasteiger partial charge in [0.1, 0.15) is 11.8 Å². The minimum Gasteiger partial charge on any atom is -0.506 e. The first kappa shape index (κ1) is 23.1. The second-order valence-corrected chi connectivity index (χ2v) is 10.1. The minimum atomic E-state index is -3.81. The molecule has 1 atom stereocenters. The third-order valence-corrected chi connectivity index (χ3v) is 6.94. The molecule has 1 aliphatic rings. The number of para-hydroxylation sites is 2. The van der Waals surface area contributed by atoms with Gasteiger partial charge in [-0.25, -0.2) is 8.42 Å². The number of benzene rings is 2. The van der Waals surface area contributed by atoms with E-state index in [0.29, 0.717) is 32.6 Å². The molecule has 0 aromatic heterocycles. The summed E-state index contributed by atoms with van der Waals surface area (Å²) in [6, 6.07) is 12.9. The number of aryl methyl sites for hydroxylation is 1. The molecule has 8 heteroatoms. The smallest absolute Gasteiger partial charge is 0.241 e. The van der Waals surface area contributed by atoms with E-state index in [2.05, 4.69) is 4.72 Å². The Morgan fingerprint density at radius 1 is 1.03 bits per heavy atom. The molecule has 1 amide bonds. The van der Waals surface area contributed by atoms with Crippen LogP contribution in [0.2, 0.25) is 0 Å². The molecular formula is C23H31N3O4S. The summed E-state index contributed by atoms with van der Waals surface area (Å²) in [5.74, 6) is 0.157. The lowest BCUT2D eigenvalue weighted by atomic mass is 10.0. The number of piperazine rings is 1. The van der Waals surface area contributed by atoms with Gasteiger partial charge in [0.05, 0.1) is 10.6 Å². The molecule has 0 bridgehead atoms. The predicted octanol–water partition coefficient (Wildman–Crippen LogP) is 2.74. The number of hydrogen-bond donors (Lipinski definition) is 2. The molecule has 0 saturated carbocycles. The van der Waals surface area contributed by atoms with E-state index in [9.17, 15) is 18.3 Å². The average Bonchev–Trinajstić information content (AvgIpc) is 2.73. The standard InChI is InChI=1S/C23H31N3O4S/c1-17(2)16-20(24-31(29,30)19-10-8-18(3)9-11-19)23(28)26-14-12-25(13-15-26)21-6-4-5-7-22(21)27/h4-11,17,20,24,27H,12-16H2,1-3H3. The first-order chi connectivity index (χ1) is 14.7. The highest BCUT2D eigenvalue weighted by atomic mass is 32.2. The highest BCUT2D eigenvalue weighted by molar-refractivity contribution is 7.89. The Kier molecular flexibility index (Phi) is 7.23. The van der Waals surface area contributed by atoms with Gasteiger partial charge in [0, 0.05) is 26.2 Å². The molecule has 2 aromatic rings. The Hall–Kier alpha value is -2.58. The van der Waals surface area contributed by atoms with Crippen molar-refractivity contribution in [2.24, 2.45) is 5.92 Å². The summed E-state index contributed by atoms with van der Waals surface area (Å²) in [7, 11) is -3.81. The van der Waals surface area contributed by atoms with E-state index in [-0.39, 0.29) is 22.5 Å². The van der Waals surface area contributed by atoms with Crippen LogP contribution in [0.3, 0.4) is 0 Å². The van der Waals surface area contributed by atoms with Gasteiger partial charge in [-0.15, -0.1) is 0 Å². The first-order valence-electron chi connectivity index (χ1n) is 10.6. The van der Waals surface area contributed by atoms with Crippen LogP contribution in [0.5, 0.6) is 5.75 Å². The van der Waals surface area contributed by atoms with Crippen molar-refractivity contribution in [1.29, 1.82) is 0 Å². The zero-order valence-corrected chi connectivity index (χ0v) is 19.1. The molecule has 2 N–H and O–H groups in total. The van der Waals surface area contributed by atoms with E-state index < -0.39 is 16.1 Å². The average molecular weight is 446 g/mol. The normalized spacial score (nSPS) is 15.9. The van der Waals surface area contributed by atoms with Crippen molar-refractivity contribution in [3.63, 3.8) is 0 Å². The molecular weight excluding hydrogens is 414 g/mol. The van der Waals surface area contributed by atoms with E-state index in [1.807, 2.05) is 37.8 Å². The van der Waals surface area contributed by atoms with Gasteiger partial charge in [-0.05, 0) is 43.5 Å². The van der Waals surface area contributed by atoms with Crippen molar-refractivity contribution in [1.82, 2.24) is 9.62 Å². The van der Waals surface area contributed by atoms with Gasteiger partial charge >= 0.3 is 0 Å². The largest absolute Gasteiger partial charge is 0.506 e. The fourth-order valence-corrected chi connectivity index (χ4v) is 4.97. The van der Waals surface area contributed by atoms with Crippen LogP contribution in [-0.2, 0) is 14.8 Å². The third-order valence-electron chi connectivity index (χ3n) is 5.45. The summed E-state index contributed by atoms with van der Waals surface area (Å²) in [4.78, 5) is 17.1. The number of anilines is 1. The number of sulfonamides is 1. The van der Waals surface area contributed by atoms with Gasteiger partial charge in [-0.3, -0.25) is 4.79 Å². The van der Waals surface area contributed by atoms with Crippen LogP contribution < -0.4 is 9.62 Å². The van der Waals surface area contributed by atoms with Gasteiger partial charge in [-0.1, -0.05) is 43.7 Å². The van der Waals surface area contributed by atoms with Crippen molar-refractivity contribution >= 4 is 21.6 Å². The number of rotatable bonds is 7. The van der Waals surface area contributed by atoms with E-state index >= 15 is 0 Å². The van der Waals surface area contributed by atoms with Crippen LogP contribution in [0.25, 0.3) is 0 Å². The van der Waals surface area contributed by atoms with Crippen molar-refractivity contribution in [3.05, 3.63) is 54.1 Å². The monoisotopic (exact) mass is 445 g/mol. The molecule has 1 unspecified atom stereocenters. The number of aromatic hydroxyl groups is 1. The van der Waals surface area contributed by atoms with Gasteiger partial charge in [-0.2, -0.15) is 4.72 Å². The van der Waals surface area contributed by atoms with E-state index in [0.717, 1.165) is 11.3 Å². The highest BCUT2D eigenvalue weighted by Crippen LogP contribution is 2.27.